The smallest absolute Gasteiger partial charge is 0.191 e. The van der Waals surface area contributed by atoms with E-state index < -0.39 is 11.1 Å². The second-order valence-electron chi connectivity index (χ2n) is 2.99. The number of aliphatic imine (C=N–C) groups is 1. The van der Waals surface area contributed by atoms with E-state index in [4.69, 9.17) is 16.2 Å². The van der Waals surface area contributed by atoms with Crippen LogP contribution in [0.2, 0.25) is 0 Å². The topological polar surface area (TPSA) is 114 Å². The molecule has 0 aromatic heterocycles. The number of hydrogen-bond donors (Lipinski definition) is 2. The molecule has 1 atom stereocenters. The SMILES string of the molecule is COc1ccc(CS(=O)[O-])cc1N=C(N)N. The van der Waals surface area contributed by atoms with Gasteiger partial charge in [-0.2, -0.15) is 0 Å². The van der Waals surface area contributed by atoms with Gasteiger partial charge in [0.2, 0.25) is 0 Å². The minimum absolute atomic E-state index is 0.0863. The summed E-state index contributed by atoms with van der Waals surface area (Å²) in [4.78, 5) is 3.84. The first kappa shape index (κ1) is 12.5. The van der Waals surface area contributed by atoms with Crippen molar-refractivity contribution in [3.05, 3.63) is 23.8 Å². The number of benzene rings is 1. The van der Waals surface area contributed by atoms with Gasteiger partial charge in [0.25, 0.3) is 0 Å². The Morgan fingerprint density at radius 3 is 2.75 bits per heavy atom. The largest absolute Gasteiger partial charge is 0.772 e. The van der Waals surface area contributed by atoms with Crippen LogP contribution in [0.4, 0.5) is 5.69 Å². The number of hydrogen-bond acceptors (Lipinski definition) is 4. The lowest BCUT2D eigenvalue weighted by molar-refractivity contribution is 0.416. The first-order valence-corrected chi connectivity index (χ1v) is 5.59. The molecule has 0 amide bonds. The Balaban J connectivity index is 3.11. The highest BCUT2D eigenvalue weighted by Crippen LogP contribution is 2.28. The van der Waals surface area contributed by atoms with Gasteiger partial charge in [0.15, 0.2) is 5.96 Å². The van der Waals surface area contributed by atoms with Crippen LogP contribution in [0.15, 0.2) is 23.2 Å². The maximum Gasteiger partial charge on any atom is 0.191 e. The van der Waals surface area contributed by atoms with Gasteiger partial charge >= 0.3 is 0 Å². The van der Waals surface area contributed by atoms with Crippen molar-refractivity contribution in [3.63, 3.8) is 0 Å². The van der Waals surface area contributed by atoms with Gasteiger partial charge in [0.1, 0.15) is 11.4 Å². The molecule has 0 radical (unpaired) electrons. The first-order valence-electron chi connectivity index (χ1n) is 4.35. The van der Waals surface area contributed by atoms with Crippen LogP contribution in [0, 0.1) is 0 Å². The number of rotatable bonds is 4. The minimum Gasteiger partial charge on any atom is -0.772 e. The van der Waals surface area contributed by atoms with Gasteiger partial charge in [-0.25, -0.2) is 4.99 Å². The quantitative estimate of drug-likeness (QED) is 0.437. The number of methoxy groups -OCH3 is 1. The van der Waals surface area contributed by atoms with E-state index in [0.29, 0.717) is 17.0 Å². The van der Waals surface area contributed by atoms with E-state index in [0.717, 1.165) is 0 Å². The molecule has 4 N–H and O–H groups in total. The second-order valence-corrected chi connectivity index (χ2v) is 3.89. The molecule has 0 aliphatic carbocycles. The van der Waals surface area contributed by atoms with Crippen molar-refractivity contribution in [2.45, 2.75) is 5.75 Å². The van der Waals surface area contributed by atoms with Crippen molar-refractivity contribution in [3.8, 4) is 5.75 Å². The minimum atomic E-state index is -2.15. The van der Waals surface area contributed by atoms with Crippen molar-refractivity contribution in [2.75, 3.05) is 7.11 Å². The lowest BCUT2D eigenvalue weighted by Gasteiger charge is -2.09. The van der Waals surface area contributed by atoms with Crippen molar-refractivity contribution in [1.82, 2.24) is 0 Å². The zero-order valence-electron chi connectivity index (χ0n) is 8.67. The molecular formula is C9H12N3O3S-. The number of nitrogens with two attached hydrogens (primary N) is 2. The molecule has 1 unspecified atom stereocenters. The van der Waals surface area contributed by atoms with E-state index in [-0.39, 0.29) is 11.7 Å². The van der Waals surface area contributed by atoms with Gasteiger partial charge < -0.3 is 20.8 Å². The van der Waals surface area contributed by atoms with Crippen LogP contribution >= 0.6 is 0 Å². The molecule has 1 aromatic carbocycles. The standard InChI is InChI=1S/C9H13N3O3S/c1-15-8-3-2-6(5-16(13)14)4-7(8)12-9(10)11/h2-4H,5H2,1H3,(H,13,14)(H4,10,11,12)/p-1. The Hall–Kier alpha value is -1.60. The van der Waals surface area contributed by atoms with Crippen molar-refractivity contribution in [1.29, 1.82) is 0 Å². The van der Waals surface area contributed by atoms with E-state index >= 15 is 0 Å². The highest BCUT2D eigenvalue weighted by atomic mass is 32.2. The third kappa shape index (κ3) is 3.52. The molecule has 0 aliphatic heterocycles. The molecule has 1 rings (SSSR count). The average molecular weight is 242 g/mol. The fourth-order valence-corrected chi connectivity index (χ4v) is 1.64. The molecule has 0 fully saturated rings. The van der Waals surface area contributed by atoms with Crippen LogP contribution in [0.25, 0.3) is 0 Å². The summed E-state index contributed by atoms with van der Waals surface area (Å²) in [5.41, 5.74) is 11.5. The van der Waals surface area contributed by atoms with Gasteiger partial charge in [0, 0.05) is 5.75 Å². The lowest BCUT2D eigenvalue weighted by Crippen LogP contribution is -2.22. The fraction of sp³-hybridized carbons (Fsp3) is 0.222. The van der Waals surface area contributed by atoms with Crippen molar-refractivity contribution >= 4 is 22.7 Å². The summed E-state index contributed by atoms with van der Waals surface area (Å²) in [7, 11) is 1.48. The van der Waals surface area contributed by atoms with Gasteiger partial charge in [-0.1, -0.05) is 17.1 Å². The fourth-order valence-electron chi connectivity index (χ4n) is 1.19. The summed E-state index contributed by atoms with van der Waals surface area (Å²) in [6, 6.07) is 4.82. The molecule has 0 spiro atoms. The Bertz CT molecular complexity index is 430. The third-order valence-corrected chi connectivity index (χ3v) is 2.35. The Morgan fingerprint density at radius 1 is 1.56 bits per heavy atom. The van der Waals surface area contributed by atoms with Crippen molar-refractivity contribution in [2.24, 2.45) is 16.5 Å². The number of ether oxygens (including phenoxy) is 1. The Kier molecular flexibility index (Phi) is 4.27. The maximum atomic E-state index is 10.5. The van der Waals surface area contributed by atoms with Crippen molar-refractivity contribution < 1.29 is 13.5 Å². The zero-order chi connectivity index (χ0) is 12.1. The second kappa shape index (κ2) is 5.47. The summed E-state index contributed by atoms with van der Waals surface area (Å²) in [6.07, 6.45) is 0. The Labute approximate surface area is 95.6 Å². The molecular weight excluding hydrogens is 230 g/mol. The van der Waals surface area contributed by atoms with E-state index in [2.05, 4.69) is 4.99 Å². The first-order chi connectivity index (χ1) is 7.52. The highest BCUT2D eigenvalue weighted by Gasteiger charge is 2.04. The molecule has 1 aromatic rings. The normalized spacial score (nSPS) is 11.9. The maximum absolute atomic E-state index is 10.5. The highest BCUT2D eigenvalue weighted by molar-refractivity contribution is 7.78. The predicted molar refractivity (Wildman–Crippen MR) is 61.1 cm³/mol. The van der Waals surface area contributed by atoms with Crippen LogP contribution < -0.4 is 16.2 Å². The summed E-state index contributed by atoms with van der Waals surface area (Å²) in [5.74, 6) is 0.282. The predicted octanol–water partition coefficient (Wildman–Crippen LogP) is -0.0208. The number of guanidine groups is 1. The summed E-state index contributed by atoms with van der Waals surface area (Å²) in [6.45, 7) is 0. The molecule has 0 aliphatic rings. The van der Waals surface area contributed by atoms with E-state index in [1.165, 1.54) is 7.11 Å². The van der Waals surface area contributed by atoms with E-state index in [1.807, 2.05) is 0 Å². The molecule has 0 saturated carbocycles. The molecule has 16 heavy (non-hydrogen) atoms. The zero-order valence-corrected chi connectivity index (χ0v) is 9.49. The molecule has 6 nitrogen and oxygen atoms in total. The Morgan fingerprint density at radius 2 is 2.25 bits per heavy atom. The van der Waals surface area contributed by atoms with Gasteiger partial charge in [-0.3, -0.25) is 4.21 Å². The summed E-state index contributed by atoms with van der Waals surface area (Å²) in [5, 5.41) is 0. The molecule has 0 heterocycles. The van der Waals surface area contributed by atoms with E-state index in [1.54, 1.807) is 18.2 Å². The lowest BCUT2D eigenvalue weighted by atomic mass is 10.2. The third-order valence-electron chi connectivity index (χ3n) is 1.78. The van der Waals surface area contributed by atoms with Crippen LogP contribution in [-0.2, 0) is 16.8 Å². The van der Waals surface area contributed by atoms with Gasteiger partial charge in [0.05, 0.1) is 7.11 Å². The van der Waals surface area contributed by atoms with Crippen LogP contribution in [0.5, 0.6) is 5.75 Å². The van der Waals surface area contributed by atoms with Gasteiger partial charge in [-0.05, 0) is 17.7 Å². The average Bonchev–Trinajstić information content (AvgIpc) is 2.16. The molecule has 0 bridgehead atoms. The molecule has 7 heteroatoms. The van der Waals surface area contributed by atoms with Gasteiger partial charge in [-0.15, -0.1) is 0 Å². The monoisotopic (exact) mass is 242 g/mol. The van der Waals surface area contributed by atoms with Crippen LogP contribution in [0.3, 0.4) is 0 Å². The molecule has 0 saturated heterocycles. The van der Waals surface area contributed by atoms with E-state index in [9.17, 15) is 8.76 Å². The van der Waals surface area contributed by atoms with Crippen LogP contribution in [0.1, 0.15) is 5.56 Å². The summed E-state index contributed by atoms with van der Waals surface area (Å²) >= 11 is -2.15. The summed E-state index contributed by atoms with van der Waals surface area (Å²) < 4.78 is 26.1. The molecule has 88 valence electrons. The number of nitrogens with zero attached hydrogens (tertiary/aromatic N) is 1. The van der Waals surface area contributed by atoms with Crippen LogP contribution in [-0.4, -0.2) is 21.8 Å².